The monoisotopic (exact) mass is 317 g/mol. The van der Waals surface area contributed by atoms with Crippen LogP contribution < -0.4 is 0 Å². The summed E-state index contributed by atoms with van der Waals surface area (Å²) in [7, 11) is 0.686. The van der Waals surface area contributed by atoms with Crippen molar-refractivity contribution in [2.75, 3.05) is 7.11 Å². The Balaban J connectivity index is 3.89. The Morgan fingerprint density at radius 1 is 1.14 bits per heavy atom. The summed E-state index contributed by atoms with van der Waals surface area (Å²) in [5.74, 6) is -1.64. The van der Waals surface area contributed by atoms with Crippen LogP contribution in [-0.2, 0) is 17.1 Å². The van der Waals surface area contributed by atoms with Crippen LogP contribution >= 0.6 is 0 Å². The van der Waals surface area contributed by atoms with Gasteiger partial charge in [-0.2, -0.15) is 26.3 Å². The number of benzene rings is 1. The molecule has 0 saturated carbocycles. The lowest BCUT2D eigenvalue weighted by molar-refractivity contribution is -0.391. The summed E-state index contributed by atoms with van der Waals surface area (Å²) >= 11 is 0. The predicted octanol–water partition coefficient (Wildman–Crippen LogP) is 3.42. The van der Waals surface area contributed by atoms with Crippen molar-refractivity contribution in [1.29, 1.82) is 0 Å². The second-order valence-electron chi connectivity index (χ2n) is 3.63. The van der Waals surface area contributed by atoms with E-state index in [2.05, 4.69) is 4.74 Å². The van der Waals surface area contributed by atoms with Gasteiger partial charge >= 0.3 is 18.3 Å². The maximum atomic E-state index is 12.9. The zero-order valence-electron chi connectivity index (χ0n) is 10.0. The molecule has 0 aromatic heterocycles. The number of carbonyl (C=O) groups excluding carboxylic acids is 1. The summed E-state index contributed by atoms with van der Waals surface area (Å²) in [4.78, 5) is 20.0. The van der Waals surface area contributed by atoms with E-state index in [1.54, 1.807) is 0 Å². The molecular weight excluding hydrogens is 312 g/mol. The third-order valence-corrected chi connectivity index (χ3v) is 2.35. The fourth-order valence-corrected chi connectivity index (χ4v) is 1.58. The lowest BCUT2D eigenvalue weighted by Crippen LogP contribution is -2.20. The molecule has 0 spiro atoms. The Labute approximate surface area is 112 Å². The molecular formula is C10H5F6NO4. The van der Waals surface area contributed by atoms with Crippen molar-refractivity contribution >= 4 is 11.7 Å². The molecule has 11 heteroatoms. The average molecular weight is 317 g/mol. The zero-order chi connectivity index (χ0) is 16.6. The first-order chi connectivity index (χ1) is 9.41. The smallest absolute Gasteiger partial charge is 0.423 e. The van der Waals surface area contributed by atoms with E-state index in [0.29, 0.717) is 7.11 Å². The van der Waals surface area contributed by atoms with Gasteiger partial charge in [-0.05, 0) is 12.1 Å². The first-order valence-electron chi connectivity index (χ1n) is 4.95. The Morgan fingerprint density at radius 2 is 1.67 bits per heavy atom. The number of carbonyl (C=O) groups is 1. The second-order valence-corrected chi connectivity index (χ2v) is 3.63. The number of alkyl halides is 6. The van der Waals surface area contributed by atoms with E-state index < -0.39 is 45.6 Å². The number of rotatable bonds is 2. The van der Waals surface area contributed by atoms with Crippen molar-refractivity contribution in [3.63, 3.8) is 0 Å². The van der Waals surface area contributed by atoms with Gasteiger partial charge in [-0.3, -0.25) is 10.1 Å². The summed E-state index contributed by atoms with van der Waals surface area (Å²) in [5.41, 5.74) is -8.01. The number of ether oxygens (including phenoxy) is 1. The standard InChI is InChI=1S/C10H5F6NO4/c1-21-8(18)4-2-3-5(9(11,12)13)7(17(19)20)6(4)10(14,15)16/h2-3H,1H3. The Bertz CT molecular complexity index is 592. The summed E-state index contributed by atoms with van der Waals surface area (Å²) < 4.78 is 80.4. The Morgan fingerprint density at radius 3 is 2.00 bits per heavy atom. The van der Waals surface area contributed by atoms with Gasteiger partial charge in [0.1, 0.15) is 11.1 Å². The van der Waals surface area contributed by atoms with E-state index in [1.165, 1.54) is 0 Å². The first-order valence-corrected chi connectivity index (χ1v) is 4.95. The van der Waals surface area contributed by atoms with Crippen LogP contribution in [0.2, 0.25) is 0 Å². The molecule has 0 aliphatic carbocycles. The minimum absolute atomic E-state index is 0.0274. The van der Waals surface area contributed by atoms with Crippen LogP contribution in [0.15, 0.2) is 12.1 Å². The van der Waals surface area contributed by atoms with E-state index in [0.717, 1.165) is 0 Å². The normalized spacial score (nSPS) is 12.1. The molecule has 21 heavy (non-hydrogen) atoms. The Kier molecular flexibility index (Phi) is 4.16. The molecule has 0 aliphatic heterocycles. The van der Waals surface area contributed by atoms with Crippen LogP contribution in [0.1, 0.15) is 21.5 Å². The average Bonchev–Trinajstić information content (AvgIpc) is 2.33. The topological polar surface area (TPSA) is 69.4 Å². The van der Waals surface area contributed by atoms with Gasteiger partial charge in [0, 0.05) is 0 Å². The van der Waals surface area contributed by atoms with Gasteiger partial charge in [0.2, 0.25) is 0 Å². The summed E-state index contributed by atoms with van der Waals surface area (Å²) in [6, 6.07) is 0.212. The van der Waals surface area contributed by atoms with E-state index in [4.69, 9.17) is 0 Å². The molecule has 0 N–H and O–H groups in total. The largest absolute Gasteiger partial charge is 0.465 e. The molecule has 0 radical (unpaired) electrons. The SMILES string of the molecule is COC(=O)c1ccc(C(F)(F)F)c([N+](=O)[O-])c1C(F)(F)F. The zero-order valence-corrected chi connectivity index (χ0v) is 10.0. The summed E-state index contributed by atoms with van der Waals surface area (Å²) in [6.45, 7) is 0. The van der Waals surface area contributed by atoms with Crippen molar-refractivity contribution in [2.24, 2.45) is 0 Å². The Hall–Kier alpha value is -2.33. The minimum atomic E-state index is -5.55. The lowest BCUT2D eigenvalue weighted by atomic mass is 10.00. The van der Waals surface area contributed by atoms with Crippen LogP contribution in [0.5, 0.6) is 0 Å². The van der Waals surface area contributed by atoms with Gasteiger partial charge in [-0.15, -0.1) is 0 Å². The van der Waals surface area contributed by atoms with E-state index in [-0.39, 0.29) is 12.1 Å². The third kappa shape index (κ3) is 3.23. The van der Waals surface area contributed by atoms with Crippen LogP contribution in [0.3, 0.4) is 0 Å². The van der Waals surface area contributed by atoms with E-state index in [1.807, 2.05) is 0 Å². The van der Waals surface area contributed by atoms with E-state index in [9.17, 15) is 41.3 Å². The molecule has 0 unspecified atom stereocenters. The van der Waals surface area contributed by atoms with Crippen molar-refractivity contribution in [3.05, 3.63) is 38.9 Å². The van der Waals surface area contributed by atoms with Gasteiger partial charge in [-0.1, -0.05) is 0 Å². The van der Waals surface area contributed by atoms with Crippen LogP contribution in [-0.4, -0.2) is 18.0 Å². The van der Waals surface area contributed by atoms with Crippen molar-refractivity contribution in [1.82, 2.24) is 0 Å². The van der Waals surface area contributed by atoms with Crippen molar-refractivity contribution in [3.8, 4) is 0 Å². The summed E-state index contributed by atoms with van der Waals surface area (Å²) in [6.07, 6.45) is -10.9. The third-order valence-electron chi connectivity index (χ3n) is 2.35. The molecule has 0 atom stereocenters. The molecule has 0 fully saturated rings. The van der Waals surface area contributed by atoms with Gasteiger partial charge in [0.25, 0.3) is 5.69 Å². The maximum Gasteiger partial charge on any atom is 0.423 e. The second kappa shape index (κ2) is 5.22. The number of hydrogen-bond donors (Lipinski definition) is 0. The van der Waals surface area contributed by atoms with Gasteiger partial charge in [0.15, 0.2) is 0 Å². The lowest BCUT2D eigenvalue weighted by Gasteiger charge is -2.15. The molecule has 0 bridgehead atoms. The molecule has 5 nitrogen and oxygen atoms in total. The van der Waals surface area contributed by atoms with Gasteiger partial charge in [-0.25, -0.2) is 4.79 Å². The van der Waals surface area contributed by atoms with Crippen LogP contribution in [0.25, 0.3) is 0 Å². The van der Waals surface area contributed by atoms with Crippen molar-refractivity contribution in [2.45, 2.75) is 12.4 Å². The highest BCUT2D eigenvalue weighted by molar-refractivity contribution is 5.93. The number of nitrogens with zero attached hydrogens (tertiary/aromatic N) is 1. The number of halogens is 6. The van der Waals surface area contributed by atoms with Gasteiger partial charge in [0.05, 0.1) is 17.6 Å². The van der Waals surface area contributed by atoms with Crippen LogP contribution in [0.4, 0.5) is 32.0 Å². The quantitative estimate of drug-likeness (QED) is 0.363. The number of hydrogen-bond acceptors (Lipinski definition) is 4. The first kappa shape index (κ1) is 16.7. The minimum Gasteiger partial charge on any atom is -0.465 e. The molecule has 116 valence electrons. The molecule has 0 aliphatic rings. The molecule has 1 rings (SSSR count). The number of esters is 1. The number of nitro benzene ring substituents is 1. The molecule has 0 saturated heterocycles. The van der Waals surface area contributed by atoms with Crippen molar-refractivity contribution < 1.29 is 40.8 Å². The maximum absolute atomic E-state index is 12.9. The fourth-order valence-electron chi connectivity index (χ4n) is 1.58. The molecule has 1 aromatic rings. The molecule has 0 heterocycles. The summed E-state index contributed by atoms with van der Waals surface area (Å²) in [5, 5.41) is 10.7. The molecule has 0 amide bonds. The van der Waals surface area contributed by atoms with Gasteiger partial charge < -0.3 is 4.74 Å². The highest BCUT2D eigenvalue weighted by Gasteiger charge is 2.49. The predicted molar refractivity (Wildman–Crippen MR) is 54.4 cm³/mol. The van der Waals surface area contributed by atoms with E-state index >= 15 is 0 Å². The highest BCUT2D eigenvalue weighted by Crippen LogP contribution is 2.45. The highest BCUT2D eigenvalue weighted by atomic mass is 19.4. The number of nitro groups is 1. The van der Waals surface area contributed by atoms with Crippen LogP contribution in [0, 0.1) is 10.1 Å². The number of methoxy groups -OCH3 is 1. The fraction of sp³-hybridized carbons (Fsp3) is 0.300. The molecule has 1 aromatic carbocycles.